The van der Waals surface area contributed by atoms with Gasteiger partial charge in [-0.1, -0.05) is 41.4 Å². The Morgan fingerprint density at radius 3 is 2.14 bits per heavy atom. The summed E-state index contributed by atoms with van der Waals surface area (Å²) in [5, 5.41) is 3.66. The lowest BCUT2D eigenvalue weighted by atomic mass is 10.1. The van der Waals surface area contributed by atoms with Crippen molar-refractivity contribution in [2.75, 3.05) is 6.54 Å². The van der Waals surface area contributed by atoms with E-state index in [4.69, 9.17) is 23.2 Å². The van der Waals surface area contributed by atoms with Gasteiger partial charge in [-0.3, -0.25) is 24.1 Å². The summed E-state index contributed by atoms with van der Waals surface area (Å²) >= 11 is 12.2. The molecule has 0 radical (unpaired) electrons. The van der Waals surface area contributed by atoms with Gasteiger partial charge in [0, 0.05) is 25.0 Å². The zero-order chi connectivity index (χ0) is 25.9. The van der Waals surface area contributed by atoms with E-state index in [1.165, 1.54) is 4.90 Å². The van der Waals surface area contributed by atoms with Crippen molar-refractivity contribution in [2.24, 2.45) is 0 Å². The molecule has 0 unspecified atom stereocenters. The predicted octanol–water partition coefficient (Wildman–Crippen LogP) is 4.70. The number of carbonyl (C=O) groups excluding carboxylic acids is 4. The van der Waals surface area contributed by atoms with E-state index >= 15 is 0 Å². The molecule has 3 rings (SSSR count). The number of imide groups is 1. The molecule has 2 aromatic carbocycles. The number of fused-ring (bicyclic) bond motifs is 1. The third-order valence-corrected chi connectivity index (χ3v) is 6.39. The normalized spacial score (nSPS) is 14.1. The second-order valence-corrected chi connectivity index (χ2v) is 10.4. The van der Waals surface area contributed by atoms with Gasteiger partial charge in [-0.2, -0.15) is 0 Å². The number of hydrogen-bond acceptors (Lipinski definition) is 4. The van der Waals surface area contributed by atoms with E-state index in [0.717, 1.165) is 10.5 Å². The molecule has 186 valence electrons. The Bertz CT molecular complexity index is 1120. The molecule has 0 saturated heterocycles. The summed E-state index contributed by atoms with van der Waals surface area (Å²) < 4.78 is 0. The third kappa shape index (κ3) is 6.41. The van der Waals surface area contributed by atoms with Crippen LogP contribution in [0.25, 0.3) is 0 Å². The van der Waals surface area contributed by atoms with Gasteiger partial charge in [0.1, 0.15) is 6.04 Å². The summed E-state index contributed by atoms with van der Waals surface area (Å²) in [5.74, 6) is -1.28. The van der Waals surface area contributed by atoms with Crippen molar-refractivity contribution < 1.29 is 19.2 Å². The summed E-state index contributed by atoms with van der Waals surface area (Å²) in [4.78, 5) is 53.9. The lowest BCUT2D eigenvalue weighted by Crippen LogP contribution is -2.52. The molecular weight excluding hydrogens is 489 g/mol. The molecule has 0 aliphatic carbocycles. The van der Waals surface area contributed by atoms with E-state index in [1.807, 2.05) is 20.8 Å². The van der Waals surface area contributed by atoms with Gasteiger partial charge in [-0.05, 0) is 63.9 Å². The van der Waals surface area contributed by atoms with Gasteiger partial charge in [0.15, 0.2) is 0 Å². The lowest BCUT2D eigenvalue weighted by Gasteiger charge is -2.31. The minimum absolute atomic E-state index is 0.0574. The fourth-order valence-electron chi connectivity index (χ4n) is 3.87. The second-order valence-electron chi connectivity index (χ2n) is 9.60. The molecule has 0 aromatic heterocycles. The maximum Gasteiger partial charge on any atom is 0.261 e. The smallest absolute Gasteiger partial charge is 0.261 e. The number of amides is 4. The Hall–Kier alpha value is -2.90. The highest BCUT2D eigenvalue weighted by Gasteiger charge is 2.35. The van der Waals surface area contributed by atoms with Gasteiger partial charge < -0.3 is 10.2 Å². The van der Waals surface area contributed by atoms with E-state index in [2.05, 4.69) is 5.32 Å². The third-order valence-electron chi connectivity index (χ3n) is 5.65. The van der Waals surface area contributed by atoms with Gasteiger partial charge in [0.05, 0.1) is 21.2 Å². The zero-order valence-electron chi connectivity index (χ0n) is 20.2. The van der Waals surface area contributed by atoms with Crippen LogP contribution in [0.5, 0.6) is 0 Å². The van der Waals surface area contributed by atoms with E-state index in [9.17, 15) is 19.2 Å². The molecule has 0 fully saturated rings. The molecule has 0 saturated carbocycles. The highest BCUT2D eigenvalue weighted by molar-refractivity contribution is 6.42. The Morgan fingerprint density at radius 1 is 1.00 bits per heavy atom. The molecular formula is C26H29Cl2N3O4. The quantitative estimate of drug-likeness (QED) is 0.514. The van der Waals surface area contributed by atoms with Crippen LogP contribution in [0, 0.1) is 0 Å². The van der Waals surface area contributed by atoms with E-state index < -0.39 is 11.6 Å². The van der Waals surface area contributed by atoms with Crippen molar-refractivity contribution in [3.05, 3.63) is 69.2 Å². The molecule has 2 aromatic rings. The van der Waals surface area contributed by atoms with Crippen LogP contribution in [-0.2, 0) is 16.1 Å². The molecule has 1 aliphatic heterocycles. The molecule has 1 atom stereocenters. The fraction of sp³-hybridized carbons (Fsp3) is 0.385. The van der Waals surface area contributed by atoms with Crippen LogP contribution in [0.3, 0.4) is 0 Å². The van der Waals surface area contributed by atoms with Crippen molar-refractivity contribution in [1.29, 1.82) is 0 Å². The molecule has 1 heterocycles. The molecule has 7 nitrogen and oxygen atoms in total. The maximum atomic E-state index is 13.3. The first-order valence-corrected chi connectivity index (χ1v) is 12.2. The minimum atomic E-state index is -0.754. The Kier molecular flexibility index (Phi) is 8.23. The van der Waals surface area contributed by atoms with E-state index in [-0.39, 0.29) is 49.6 Å². The topological polar surface area (TPSA) is 86.8 Å². The molecule has 4 amide bonds. The summed E-state index contributed by atoms with van der Waals surface area (Å²) in [6.45, 7) is 7.53. The van der Waals surface area contributed by atoms with Crippen LogP contribution in [0.1, 0.15) is 66.8 Å². The van der Waals surface area contributed by atoms with Crippen LogP contribution >= 0.6 is 23.2 Å². The lowest BCUT2D eigenvalue weighted by molar-refractivity contribution is -0.141. The van der Waals surface area contributed by atoms with E-state index in [0.29, 0.717) is 21.2 Å². The Morgan fingerprint density at radius 2 is 1.60 bits per heavy atom. The minimum Gasteiger partial charge on any atom is -0.350 e. The number of nitrogens with one attached hydrogen (secondary N) is 1. The molecule has 1 N–H and O–H groups in total. The standard InChI is InChI=1S/C26H29Cl2N3O4/c1-16(23(33)29-26(2,3)4)31(15-17-11-12-20(27)21(28)14-17)22(32)10-7-13-30-24(34)18-8-5-6-9-19(18)25(30)35/h5-6,8-9,11-12,14,16H,7,10,13,15H2,1-4H3,(H,29,33)/t16-/m0/s1. The van der Waals surface area contributed by atoms with Crippen LogP contribution in [0.15, 0.2) is 42.5 Å². The van der Waals surface area contributed by atoms with E-state index in [1.54, 1.807) is 49.4 Å². The van der Waals surface area contributed by atoms with Crippen LogP contribution in [-0.4, -0.2) is 51.6 Å². The predicted molar refractivity (Wildman–Crippen MR) is 135 cm³/mol. The number of hydrogen-bond donors (Lipinski definition) is 1. The SMILES string of the molecule is C[C@@H](C(=O)NC(C)(C)C)N(Cc1ccc(Cl)c(Cl)c1)C(=O)CCCN1C(=O)c2ccccc2C1=O. The second kappa shape index (κ2) is 10.8. The molecule has 0 spiro atoms. The fourth-order valence-corrected chi connectivity index (χ4v) is 4.19. The van der Waals surface area contributed by atoms with Gasteiger partial charge in [0.25, 0.3) is 11.8 Å². The molecule has 9 heteroatoms. The highest BCUT2D eigenvalue weighted by atomic mass is 35.5. The average molecular weight is 518 g/mol. The van der Waals surface area contributed by atoms with Crippen LogP contribution < -0.4 is 5.32 Å². The van der Waals surface area contributed by atoms with Crippen LogP contribution in [0.4, 0.5) is 0 Å². The maximum absolute atomic E-state index is 13.3. The first-order chi connectivity index (χ1) is 16.4. The number of rotatable bonds is 8. The summed E-state index contributed by atoms with van der Waals surface area (Å²) in [5.41, 5.74) is 1.01. The van der Waals surface area contributed by atoms with Gasteiger partial charge >= 0.3 is 0 Å². The average Bonchev–Trinajstić information content (AvgIpc) is 3.03. The van der Waals surface area contributed by atoms with Gasteiger partial charge in [-0.15, -0.1) is 0 Å². The largest absolute Gasteiger partial charge is 0.350 e. The molecule has 0 bridgehead atoms. The van der Waals surface area contributed by atoms with Crippen molar-refractivity contribution in [3.63, 3.8) is 0 Å². The number of benzene rings is 2. The van der Waals surface area contributed by atoms with Crippen molar-refractivity contribution in [2.45, 2.75) is 58.7 Å². The Labute approximate surface area is 215 Å². The molecule has 35 heavy (non-hydrogen) atoms. The summed E-state index contributed by atoms with van der Waals surface area (Å²) in [6, 6.07) is 11.0. The monoisotopic (exact) mass is 517 g/mol. The first kappa shape index (κ1) is 26.7. The summed E-state index contributed by atoms with van der Waals surface area (Å²) in [6.07, 6.45) is 0.331. The molecule has 1 aliphatic rings. The van der Waals surface area contributed by atoms with Crippen molar-refractivity contribution >= 4 is 46.8 Å². The van der Waals surface area contributed by atoms with Gasteiger partial charge in [0.2, 0.25) is 11.8 Å². The number of nitrogens with zero attached hydrogens (tertiary/aromatic N) is 2. The number of halogens is 2. The summed E-state index contributed by atoms with van der Waals surface area (Å²) in [7, 11) is 0. The highest BCUT2D eigenvalue weighted by Crippen LogP contribution is 2.25. The van der Waals surface area contributed by atoms with Crippen molar-refractivity contribution in [1.82, 2.24) is 15.1 Å². The Balaban J connectivity index is 1.71. The van der Waals surface area contributed by atoms with Crippen molar-refractivity contribution in [3.8, 4) is 0 Å². The van der Waals surface area contributed by atoms with Crippen LogP contribution in [0.2, 0.25) is 10.0 Å². The number of carbonyl (C=O) groups is 4. The first-order valence-electron chi connectivity index (χ1n) is 11.4. The van der Waals surface area contributed by atoms with Gasteiger partial charge in [-0.25, -0.2) is 0 Å². The zero-order valence-corrected chi connectivity index (χ0v) is 21.7.